The molecule has 0 radical (unpaired) electrons. The maximum Gasteiger partial charge on any atom is 0.0478 e. The van der Waals surface area contributed by atoms with Gasteiger partial charge in [0.15, 0.2) is 0 Å². The largest absolute Gasteiger partial charge is 0.261 e. The molecule has 1 unspecified atom stereocenters. The zero-order valence-electron chi connectivity index (χ0n) is 10.5. The van der Waals surface area contributed by atoms with Crippen LogP contribution in [0.2, 0.25) is 0 Å². The molecule has 0 aliphatic carbocycles. The molecule has 1 aromatic carbocycles. The molecular formula is C16H19N. The molecule has 2 rings (SSSR count). The SMILES string of the molecule is CC(C)CC(c1ccccc1)c1ccccn1. The van der Waals surface area contributed by atoms with E-state index in [1.165, 1.54) is 11.3 Å². The second-order valence-electron chi connectivity index (χ2n) is 4.85. The number of aromatic nitrogens is 1. The first-order valence-electron chi connectivity index (χ1n) is 6.23. The van der Waals surface area contributed by atoms with Crippen LogP contribution >= 0.6 is 0 Å². The summed E-state index contributed by atoms with van der Waals surface area (Å²) in [6, 6.07) is 16.8. The van der Waals surface area contributed by atoms with Crippen molar-refractivity contribution in [1.82, 2.24) is 4.98 Å². The van der Waals surface area contributed by atoms with Gasteiger partial charge in [-0.05, 0) is 30.0 Å². The number of rotatable bonds is 4. The zero-order chi connectivity index (χ0) is 12.1. The molecule has 0 N–H and O–H groups in total. The van der Waals surface area contributed by atoms with Crippen molar-refractivity contribution in [2.24, 2.45) is 5.92 Å². The number of nitrogens with zero attached hydrogens (tertiary/aromatic N) is 1. The van der Waals surface area contributed by atoms with Crippen molar-refractivity contribution >= 4 is 0 Å². The Labute approximate surface area is 104 Å². The normalized spacial score (nSPS) is 12.6. The van der Waals surface area contributed by atoms with Crippen LogP contribution in [0.3, 0.4) is 0 Å². The van der Waals surface area contributed by atoms with E-state index in [1.54, 1.807) is 0 Å². The molecule has 0 aliphatic rings. The Balaban J connectivity index is 2.32. The van der Waals surface area contributed by atoms with E-state index in [4.69, 9.17) is 0 Å². The Morgan fingerprint density at radius 3 is 2.24 bits per heavy atom. The lowest BCUT2D eigenvalue weighted by molar-refractivity contribution is 0.534. The third-order valence-corrected chi connectivity index (χ3v) is 2.95. The first kappa shape index (κ1) is 11.8. The second kappa shape index (κ2) is 5.62. The summed E-state index contributed by atoms with van der Waals surface area (Å²) in [7, 11) is 0. The maximum absolute atomic E-state index is 4.51. The summed E-state index contributed by atoms with van der Waals surface area (Å²) in [6.45, 7) is 4.53. The van der Waals surface area contributed by atoms with Gasteiger partial charge in [-0.1, -0.05) is 50.2 Å². The van der Waals surface area contributed by atoms with E-state index < -0.39 is 0 Å². The Morgan fingerprint density at radius 2 is 1.65 bits per heavy atom. The molecule has 1 heterocycles. The summed E-state index contributed by atoms with van der Waals surface area (Å²) in [5, 5.41) is 0. The second-order valence-corrected chi connectivity index (χ2v) is 4.85. The van der Waals surface area contributed by atoms with Gasteiger partial charge in [-0.15, -0.1) is 0 Å². The molecule has 0 aliphatic heterocycles. The molecule has 1 heteroatoms. The predicted octanol–water partition coefficient (Wildman–Crippen LogP) is 4.26. The number of benzene rings is 1. The van der Waals surface area contributed by atoms with Gasteiger partial charge >= 0.3 is 0 Å². The highest BCUT2D eigenvalue weighted by molar-refractivity contribution is 5.28. The van der Waals surface area contributed by atoms with Crippen molar-refractivity contribution in [2.45, 2.75) is 26.2 Å². The number of hydrogen-bond donors (Lipinski definition) is 0. The van der Waals surface area contributed by atoms with Crippen LogP contribution in [0.5, 0.6) is 0 Å². The summed E-state index contributed by atoms with van der Waals surface area (Å²) >= 11 is 0. The van der Waals surface area contributed by atoms with Crippen molar-refractivity contribution < 1.29 is 0 Å². The Morgan fingerprint density at radius 1 is 0.941 bits per heavy atom. The average molecular weight is 225 g/mol. The van der Waals surface area contributed by atoms with Crippen molar-refractivity contribution in [3.8, 4) is 0 Å². The van der Waals surface area contributed by atoms with Crippen molar-refractivity contribution in [3.05, 3.63) is 66.0 Å². The van der Waals surface area contributed by atoms with E-state index in [0.29, 0.717) is 11.8 Å². The van der Waals surface area contributed by atoms with Gasteiger partial charge in [0.25, 0.3) is 0 Å². The molecule has 0 saturated carbocycles. The van der Waals surface area contributed by atoms with Gasteiger partial charge < -0.3 is 0 Å². The van der Waals surface area contributed by atoms with E-state index in [0.717, 1.165) is 6.42 Å². The van der Waals surface area contributed by atoms with Crippen LogP contribution in [0, 0.1) is 5.92 Å². The number of hydrogen-bond acceptors (Lipinski definition) is 1. The van der Waals surface area contributed by atoms with Crippen LogP contribution in [0.25, 0.3) is 0 Å². The van der Waals surface area contributed by atoms with Crippen LogP contribution in [0.4, 0.5) is 0 Å². The first-order chi connectivity index (χ1) is 8.27. The minimum Gasteiger partial charge on any atom is -0.261 e. The van der Waals surface area contributed by atoms with Crippen LogP contribution in [-0.4, -0.2) is 4.98 Å². The average Bonchev–Trinajstić information content (AvgIpc) is 2.38. The van der Waals surface area contributed by atoms with Crippen molar-refractivity contribution in [1.29, 1.82) is 0 Å². The van der Waals surface area contributed by atoms with Crippen molar-refractivity contribution in [2.75, 3.05) is 0 Å². The van der Waals surface area contributed by atoms with Gasteiger partial charge in [-0.25, -0.2) is 0 Å². The fourth-order valence-electron chi connectivity index (χ4n) is 2.17. The van der Waals surface area contributed by atoms with Gasteiger partial charge in [0.2, 0.25) is 0 Å². The lowest BCUT2D eigenvalue weighted by atomic mass is 9.87. The molecule has 0 fully saturated rings. The lowest BCUT2D eigenvalue weighted by Gasteiger charge is -2.19. The van der Waals surface area contributed by atoms with E-state index in [-0.39, 0.29) is 0 Å². The summed E-state index contributed by atoms with van der Waals surface area (Å²) in [6.07, 6.45) is 3.02. The molecule has 0 bridgehead atoms. The van der Waals surface area contributed by atoms with E-state index >= 15 is 0 Å². The van der Waals surface area contributed by atoms with Gasteiger partial charge in [0.1, 0.15) is 0 Å². The molecule has 1 nitrogen and oxygen atoms in total. The van der Waals surface area contributed by atoms with E-state index in [2.05, 4.69) is 61.3 Å². The van der Waals surface area contributed by atoms with Gasteiger partial charge in [-0.2, -0.15) is 0 Å². The Bertz CT molecular complexity index is 394. The summed E-state index contributed by atoms with van der Waals surface area (Å²) < 4.78 is 0. The van der Waals surface area contributed by atoms with E-state index in [9.17, 15) is 0 Å². The van der Waals surface area contributed by atoms with Crippen LogP contribution in [0.15, 0.2) is 54.7 Å². The topological polar surface area (TPSA) is 12.9 Å². The Hall–Kier alpha value is -1.63. The molecule has 17 heavy (non-hydrogen) atoms. The molecule has 0 amide bonds. The van der Waals surface area contributed by atoms with Gasteiger partial charge in [0.05, 0.1) is 0 Å². The maximum atomic E-state index is 4.51. The minimum atomic E-state index is 0.414. The standard InChI is InChI=1S/C16H19N/c1-13(2)12-15(14-8-4-3-5-9-14)16-10-6-7-11-17-16/h3-11,13,15H,12H2,1-2H3. The molecule has 2 aromatic rings. The van der Waals surface area contributed by atoms with E-state index in [1.807, 2.05) is 12.3 Å². The third kappa shape index (κ3) is 3.16. The molecular weight excluding hydrogens is 206 g/mol. The number of pyridine rings is 1. The predicted molar refractivity (Wildman–Crippen MR) is 72.0 cm³/mol. The lowest BCUT2D eigenvalue weighted by Crippen LogP contribution is -2.06. The monoisotopic (exact) mass is 225 g/mol. The van der Waals surface area contributed by atoms with Crippen LogP contribution in [0.1, 0.15) is 37.4 Å². The molecule has 88 valence electrons. The highest BCUT2D eigenvalue weighted by Crippen LogP contribution is 2.29. The quantitative estimate of drug-likeness (QED) is 0.757. The molecule has 1 aromatic heterocycles. The summed E-state index contributed by atoms with van der Waals surface area (Å²) in [4.78, 5) is 4.51. The van der Waals surface area contributed by atoms with Gasteiger partial charge in [0, 0.05) is 17.8 Å². The van der Waals surface area contributed by atoms with Crippen LogP contribution < -0.4 is 0 Å². The fraction of sp³-hybridized carbons (Fsp3) is 0.312. The fourth-order valence-corrected chi connectivity index (χ4v) is 2.17. The molecule has 0 saturated heterocycles. The van der Waals surface area contributed by atoms with Gasteiger partial charge in [-0.3, -0.25) is 4.98 Å². The highest BCUT2D eigenvalue weighted by Gasteiger charge is 2.16. The van der Waals surface area contributed by atoms with Crippen molar-refractivity contribution in [3.63, 3.8) is 0 Å². The smallest absolute Gasteiger partial charge is 0.0478 e. The first-order valence-corrected chi connectivity index (χ1v) is 6.23. The molecule has 1 atom stereocenters. The Kier molecular flexibility index (Phi) is 3.92. The minimum absolute atomic E-state index is 0.414. The summed E-state index contributed by atoms with van der Waals surface area (Å²) in [5.74, 6) is 1.08. The summed E-state index contributed by atoms with van der Waals surface area (Å²) in [5.41, 5.74) is 2.53. The highest BCUT2D eigenvalue weighted by atomic mass is 14.7. The molecule has 0 spiro atoms. The third-order valence-electron chi connectivity index (χ3n) is 2.95. The van der Waals surface area contributed by atoms with Crippen LogP contribution in [-0.2, 0) is 0 Å². The zero-order valence-corrected chi connectivity index (χ0v) is 10.5.